The zero-order valence-electron chi connectivity index (χ0n) is 10.1. The van der Waals surface area contributed by atoms with Crippen LogP contribution in [0.25, 0.3) is 0 Å². The fraction of sp³-hybridized carbons (Fsp3) is 1.00. The molecule has 1 aliphatic rings. The molecular weight excluding hydrogens is 190 g/mol. The lowest BCUT2D eigenvalue weighted by molar-refractivity contribution is 0.157. The van der Waals surface area contributed by atoms with Crippen LogP contribution in [0, 0.1) is 5.92 Å². The van der Waals surface area contributed by atoms with Gasteiger partial charge in [0.2, 0.25) is 0 Å². The number of rotatable bonds is 10. The molecular formula is C12H25NO2. The summed E-state index contributed by atoms with van der Waals surface area (Å²) >= 11 is 0. The van der Waals surface area contributed by atoms with Crippen LogP contribution < -0.4 is 5.32 Å². The van der Waals surface area contributed by atoms with E-state index < -0.39 is 0 Å². The van der Waals surface area contributed by atoms with Gasteiger partial charge in [-0.1, -0.05) is 0 Å². The molecule has 1 atom stereocenters. The van der Waals surface area contributed by atoms with Crippen LogP contribution in [0.4, 0.5) is 0 Å². The molecule has 15 heavy (non-hydrogen) atoms. The van der Waals surface area contributed by atoms with Gasteiger partial charge < -0.3 is 14.8 Å². The number of hydrogen-bond donors (Lipinski definition) is 1. The summed E-state index contributed by atoms with van der Waals surface area (Å²) in [4.78, 5) is 0. The van der Waals surface area contributed by atoms with E-state index >= 15 is 0 Å². The summed E-state index contributed by atoms with van der Waals surface area (Å²) in [5.74, 6) is 0.879. The average molecular weight is 215 g/mol. The number of unbranched alkanes of at least 4 members (excludes halogenated alkanes) is 2. The van der Waals surface area contributed by atoms with Crippen LogP contribution in [0.15, 0.2) is 0 Å². The van der Waals surface area contributed by atoms with Crippen LogP contribution in [0.5, 0.6) is 0 Å². The Kier molecular flexibility index (Phi) is 6.98. The Labute approximate surface area is 93.5 Å². The lowest BCUT2D eigenvalue weighted by Gasteiger charge is -2.17. The van der Waals surface area contributed by atoms with Gasteiger partial charge in [0, 0.05) is 26.9 Å². The van der Waals surface area contributed by atoms with Crippen molar-refractivity contribution in [2.24, 2.45) is 5.92 Å². The molecule has 1 fully saturated rings. The van der Waals surface area contributed by atoms with Gasteiger partial charge in [-0.3, -0.25) is 0 Å². The summed E-state index contributed by atoms with van der Waals surface area (Å²) in [6, 6.07) is 0.595. The second kappa shape index (κ2) is 8.08. The van der Waals surface area contributed by atoms with Crippen LogP contribution in [0.1, 0.15) is 32.1 Å². The molecule has 1 rings (SSSR count). The molecule has 1 unspecified atom stereocenters. The third-order valence-corrected chi connectivity index (χ3v) is 2.97. The average Bonchev–Trinajstić information content (AvgIpc) is 3.05. The van der Waals surface area contributed by atoms with Crippen molar-refractivity contribution < 1.29 is 9.47 Å². The fourth-order valence-electron chi connectivity index (χ4n) is 1.88. The maximum Gasteiger partial charge on any atom is 0.0618 e. The van der Waals surface area contributed by atoms with E-state index in [2.05, 4.69) is 5.32 Å². The van der Waals surface area contributed by atoms with Gasteiger partial charge in [0.05, 0.1) is 6.61 Å². The van der Waals surface area contributed by atoms with Gasteiger partial charge in [0.1, 0.15) is 0 Å². The molecule has 0 aromatic rings. The minimum atomic E-state index is 0.595. The van der Waals surface area contributed by atoms with Crippen molar-refractivity contribution in [3.05, 3.63) is 0 Å². The first-order chi connectivity index (χ1) is 7.38. The maximum absolute atomic E-state index is 5.22. The Morgan fingerprint density at radius 2 is 1.93 bits per heavy atom. The van der Waals surface area contributed by atoms with Crippen molar-refractivity contribution in [2.45, 2.75) is 38.1 Å². The normalized spacial score (nSPS) is 18.0. The smallest absolute Gasteiger partial charge is 0.0618 e. The Morgan fingerprint density at radius 3 is 2.53 bits per heavy atom. The van der Waals surface area contributed by atoms with Crippen LogP contribution in [0.3, 0.4) is 0 Å². The van der Waals surface area contributed by atoms with E-state index in [0.717, 1.165) is 25.7 Å². The van der Waals surface area contributed by atoms with Gasteiger partial charge >= 0.3 is 0 Å². The Hall–Kier alpha value is -0.120. The first kappa shape index (κ1) is 12.9. The quantitative estimate of drug-likeness (QED) is 0.564. The molecule has 0 aromatic heterocycles. The summed E-state index contributed by atoms with van der Waals surface area (Å²) in [6.45, 7) is 2.88. The predicted molar refractivity (Wildman–Crippen MR) is 62.1 cm³/mol. The van der Waals surface area contributed by atoms with Gasteiger partial charge in [0.25, 0.3) is 0 Å². The molecule has 3 nitrogen and oxygen atoms in total. The molecule has 0 radical (unpaired) electrons. The molecule has 0 aliphatic heterocycles. The van der Waals surface area contributed by atoms with Gasteiger partial charge in [-0.15, -0.1) is 0 Å². The Bertz CT molecular complexity index is 149. The third-order valence-electron chi connectivity index (χ3n) is 2.97. The monoisotopic (exact) mass is 215 g/mol. The molecule has 90 valence electrons. The standard InChI is InChI=1S/C12H25NO2/c1-14-9-5-3-4-8-13-12(10-15-2)11-6-7-11/h11-13H,3-10H2,1-2H3. The topological polar surface area (TPSA) is 30.5 Å². The lowest BCUT2D eigenvalue weighted by atomic mass is 10.2. The van der Waals surface area contributed by atoms with Crippen LogP contribution in [-0.4, -0.2) is 40.0 Å². The van der Waals surface area contributed by atoms with Gasteiger partial charge in [-0.25, -0.2) is 0 Å². The van der Waals surface area contributed by atoms with Crippen LogP contribution in [0.2, 0.25) is 0 Å². The minimum Gasteiger partial charge on any atom is -0.385 e. The first-order valence-electron chi connectivity index (χ1n) is 6.09. The van der Waals surface area contributed by atoms with E-state index in [0.29, 0.717) is 6.04 Å². The zero-order valence-corrected chi connectivity index (χ0v) is 10.1. The molecule has 0 amide bonds. The van der Waals surface area contributed by atoms with Crippen LogP contribution in [-0.2, 0) is 9.47 Å². The largest absolute Gasteiger partial charge is 0.385 e. The predicted octanol–water partition coefficient (Wildman–Crippen LogP) is 1.82. The number of nitrogens with one attached hydrogen (secondary N) is 1. The zero-order chi connectivity index (χ0) is 10.9. The minimum absolute atomic E-state index is 0.595. The SMILES string of the molecule is COCCCCCNC(COC)C1CC1. The summed E-state index contributed by atoms with van der Waals surface area (Å²) in [7, 11) is 3.55. The highest BCUT2D eigenvalue weighted by Crippen LogP contribution is 2.32. The van der Waals surface area contributed by atoms with Crippen molar-refractivity contribution in [3.63, 3.8) is 0 Å². The van der Waals surface area contributed by atoms with Crippen molar-refractivity contribution in [1.29, 1.82) is 0 Å². The molecule has 0 spiro atoms. The lowest BCUT2D eigenvalue weighted by Crippen LogP contribution is -2.35. The Balaban J connectivity index is 1.92. The molecule has 1 N–H and O–H groups in total. The van der Waals surface area contributed by atoms with Crippen molar-refractivity contribution >= 4 is 0 Å². The molecule has 0 aromatic carbocycles. The summed E-state index contributed by atoms with van der Waals surface area (Å²) in [5.41, 5.74) is 0. The molecule has 3 heteroatoms. The van der Waals surface area contributed by atoms with E-state index in [1.54, 1.807) is 14.2 Å². The highest BCUT2D eigenvalue weighted by Gasteiger charge is 2.30. The van der Waals surface area contributed by atoms with Gasteiger partial charge in [0.15, 0.2) is 0 Å². The van der Waals surface area contributed by atoms with E-state index in [4.69, 9.17) is 9.47 Å². The van der Waals surface area contributed by atoms with E-state index in [1.807, 2.05) is 0 Å². The molecule has 0 heterocycles. The van der Waals surface area contributed by atoms with Crippen molar-refractivity contribution in [2.75, 3.05) is 34.0 Å². The molecule has 1 aliphatic carbocycles. The molecule has 1 saturated carbocycles. The maximum atomic E-state index is 5.22. The second-order valence-electron chi connectivity index (χ2n) is 4.41. The van der Waals surface area contributed by atoms with E-state index in [1.165, 1.54) is 32.1 Å². The highest BCUT2D eigenvalue weighted by molar-refractivity contribution is 4.86. The van der Waals surface area contributed by atoms with Gasteiger partial charge in [-0.05, 0) is 44.6 Å². The van der Waals surface area contributed by atoms with Crippen molar-refractivity contribution in [3.8, 4) is 0 Å². The number of ether oxygens (including phenoxy) is 2. The van der Waals surface area contributed by atoms with Gasteiger partial charge in [-0.2, -0.15) is 0 Å². The van der Waals surface area contributed by atoms with E-state index in [9.17, 15) is 0 Å². The van der Waals surface area contributed by atoms with Crippen molar-refractivity contribution in [1.82, 2.24) is 5.32 Å². The Morgan fingerprint density at radius 1 is 1.13 bits per heavy atom. The van der Waals surface area contributed by atoms with Crippen LogP contribution >= 0.6 is 0 Å². The highest BCUT2D eigenvalue weighted by atomic mass is 16.5. The number of hydrogen-bond acceptors (Lipinski definition) is 3. The fourth-order valence-corrected chi connectivity index (χ4v) is 1.88. The summed E-state index contributed by atoms with van der Waals surface area (Å²) in [5, 5.41) is 3.59. The first-order valence-corrected chi connectivity index (χ1v) is 6.09. The third kappa shape index (κ3) is 6.13. The second-order valence-corrected chi connectivity index (χ2v) is 4.41. The number of methoxy groups -OCH3 is 2. The summed E-state index contributed by atoms with van der Waals surface area (Å²) in [6.07, 6.45) is 6.44. The molecule has 0 saturated heterocycles. The van der Waals surface area contributed by atoms with E-state index in [-0.39, 0.29) is 0 Å². The molecule has 0 bridgehead atoms. The summed E-state index contributed by atoms with van der Waals surface area (Å²) < 4.78 is 10.2.